The number of carbonyl (C=O) groups excluding carboxylic acids is 2. The Kier molecular flexibility index (Phi) is 14.3. The van der Waals surface area contributed by atoms with Crippen molar-refractivity contribution in [2.75, 3.05) is 13.2 Å². The molecule has 12 nitrogen and oxygen atoms in total. The monoisotopic (exact) mass is 988 g/mol. The van der Waals surface area contributed by atoms with Crippen LogP contribution in [0, 0.1) is 69.6 Å². The molecule has 0 aromatic heterocycles. The topological polar surface area (TPSA) is 193 Å². The van der Waals surface area contributed by atoms with E-state index in [0.29, 0.717) is 37.2 Å². The summed E-state index contributed by atoms with van der Waals surface area (Å²) >= 11 is 12.0. The van der Waals surface area contributed by atoms with Gasteiger partial charge in [-0.25, -0.2) is 34.4 Å². The van der Waals surface area contributed by atoms with Crippen LogP contribution >= 0.6 is 23.2 Å². The van der Waals surface area contributed by atoms with Crippen LogP contribution in [-0.4, -0.2) is 63.4 Å². The summed E-state index contributed by atoms with van der Waals surface area (Å²) in [6.07, 6.45) is 2.46. The van der Waals surface area contributed by atoms with Crippen LogP contribution in [0.15, 0.2) is 94.7 Å². The summed E-state index contributed by atoms with van der Waals surface area (Å²) < 4.78 is 118. The Morgan fingerprint density at radius 2 is 0.909 bits per heavy atom. The second-order valence-corrected chi connectivity index (χ2v) is 22.3. The second-order valence-electron chi connectivity index (χ2n) is 17.1. The molecule has 66 heavy (non-hydrogen) atoms. The van der Waals surface area contributed by atoms with E-state index in [9.17, 15) is 54.5 Å². The molecule has 4 aliphatic rings. The Bertz CT molecular complexity index is 2610. The minimum Gasteiger partial charge on any atom is -0.493 e. The molecule has 4 fully saturated rings. The molecule has 20 heteroatoms. The van der Waals surface area contributed by atoms with E-state index >= 15 is 0 Å². The summed E-state index contributed by atoms with van der Waals surface area (Å²) in [5.41, 5.74) is -1.78. The first-order valence-electron chi connectivity index (χ1n) is 20.9. The molecule has 4 aromatic carbocycles. The zero-order valence-corrected chi connectivity index (χ0v) is 38.0. The van der Waals surface area contributed by atoms with E-state index in [1.165, 1.54) is 48.5 Å². The molecule has 2 amide bonds. The predicted molar refractivity (Wildman–Crippen MR) is 232 cm³/mol. The molecular weight excluding hydrogens is 948 g/mol. The Morgan fingerprint density at radius 1 is 0.576 bits per heavy atom. The lowest BCUT2D eigenvalue weighted by atomic mass is 9.95. The van der Waals surface area contributed by atoms with Crippen LogP contribution in [0.25, 0.3) is 0 Å². The molecule has 4 saturated carbocycles. The van der Waals surface area contributed by atoms with E-state index < -0.39 is 100 Å². The minimum atomic E-state index is -3.96. The molecule has 0 spiro atoms. The van der Waals surface area contributed by atoms with Crippen LogP contribution in [0.1, 0.15) is 51.4 Å². The van der Waals surface area contributed by atoms with Crippen LogP contribution in [0.4, 0.5) is 17.6 Å². The third-order valence-electron chi connectivity index (χ3n) is 12.5. The first kappa shape index (κ1) is 48.5. The highest BCUT2D eigenvalue weighted by Crippen LogP contribution is 2.44. The molecule has 0 unspecified atom stereocenters. The van der Waals surface area contributed by atoms with E-state index in [2.05, 4.69) is 22.8 Å². The van der Waals surface area contributed by atoms with E-state index in [1.807, 2.05) is 0 Å². The molecular formula is C46H42Cl2F4N4O8S2. The first-order chi connectivity index (χ1) is 31.3. The smallest absolute Gasteiger partial charge is 0.224 e. The van der Waals surface area contributed by atoms with Crippen molar-refractivity contribution >= 4 is 54.7 Å². The fraction of sp³-hybridized carbons (Fsp3) is 0.391. The zero-order valence-electron chi connectivity index (χ0n) is 34.9. The van der Waals surface area contributed by atoms with Crippen molar-refractivity contribution in [1.29, 1.82) is 10.5 Å². The van der Waals surface area contributed by atoms with Crippen molar-refractivity contribution in [1.82, 2.24) is 10.6 Å². The van der Waals surface area contributed by atoms with Gasteiger partial charge in [-0.2, -0.15) is 10.5 Å². The lowest BCUT2D eigenvalue weighted by Gasteiger charge is -2.21. The van der Waals surface area contributed by atoms with Crippen LogP contribution in [0.2, 0.25) is 10.0 Å². The maximum Gasteiger partial charge on any atom is 0.224 e. The number of carbonyl (C=O) groups is 2. The molecule has 8 rings (SSSR count). The summed E-state index contributed by atoms with van der Waals surface area (Å²) in [4.78, 5) is 25.6. The van der Waals surface area contributed by atoms with Crippen molar-refractivity contribution in [3.63, 3.8) is 0 Å². The number of hydrogen-bond acceptors (Lipinski definition) is 10. The van der Waals surface area contributed by atoms with E-state index in [4.69, 9.17) is 32.7 Å². The summed E-state index contributed by atoms with van der Waals surface area (Å²) in [6, 6.07) is 21.1. The van der Waals surface area contributed by atoms with Crippen molar-refractivity contribution in [2.24, 2.45) is 23.7 Å². The van der Waals surface area contributed by atoms with Crippen molar-refractivity contribution < 1.29 is 53.5 Å². The SMILES string of the molecule is N#CC1(NC(=O)[C@@H]2C[C@@H](S(=O)(=O)c3ccc(F)cc3Cl)C[C@H]2COc2ccc(F)cc2)CC1.N#CC1(NC(=O)[C@@H]2C[C@H](S(=O)(=O)c3ccc(F)cc3Cl)C[C@H]2COc2ccc(F)cc2)CC1. The second kappa shape index (κ2) is 19.4. The number of rotatable bonds is 14. The fourth-order valence-corrected chi connectivity index (χ4v) is 13.1. The Morgan fingerprint density at radius 3 is 1.21 bits per heavy atom. The van der Waals surface area contributed by atoms with Gasteiger partial charge in [-0.05, 0) is 136 Å². The van der Waals surface area contributed by atoms with Gasteiger partial charge in [0, 0.05) is 23.7 Å². The number of amides is 2. The van der Waals surface area contributed by atoms with Gasteiger partial charge in [-0.1, -0.05) is 23.2 Å². The number of hydrogen-bond donors (Lipinski definition) is 2. The van der Waals surface area contributed by atoms with Crippen LogP contribution in [-0.2, 0) is 29.3 Å². The molecule has 0 radical (unpaired) electrons. The molecule has 0 heterocycles. The van der Waals surface area contributed by atoms with Gasteiger partial charge in [0.2, 0.25) is 11.8 Å². The third kappa shape index (κ3) is 11.1. The maximum atomic E-state index is 13.4. The summed E-state index contributed by atoms with van der Waals surface area (Å²) in [5.74, 6) is -4.54. The summed E-state index contributed by atoms with van der Waals surface area (Å²) in [7, 11) is -7.91. The van der Waals surface area contributed by atoms with Crippen molar-refractivity contribution in [3.05, 3.63) is 118 Å². The number of nitrogens with zero attached hydrogens (tertiary/aromatic N) is 2. The molecule has 2 N–H and O–H groups in total. The highest BCUT2D eigenvalue weighted by atomic mass is 35.5. The van der Waals surface area contributed by atoms with E-state index in [1.54, 1.807) is 0 Å². The molecule has 348 valence electrons. The zero-order chi connectivity index (χ0) is 47.6. The highest BCUT2D eigenvalue weighted by molar-refractivity contribution is 7.92. The molecule has 4 aliphatic carbocycles. The lowest BCUT2D eigenvalue weighted by molar-refractivity contribution is -0.127. The third-order valence-corrected chi connectivity index (χ3v) is 17.8. The van der Waals surface area contributed by atoms with Gasteiger partial charge >= 0.3 is 0 Å². The standard InChI is InChI=1S/2C23H21ClF2N2O4S/c2*24-20-10-16(26)3-6-21(20)33(30,31)18-9-14(12-32-17-4-1-15(25)2-5-17)19(11-18)22(29)28-23(13-27)7-8-23/h2*1-6,10,14,18-19H,7-9,11-12H2,(H,28,29)/t14-,18+,19+;14-,18-,19+/m00/s1. The van der Waals surface area contributed by atoms with Gasteiger partial charge < -0.3 is 20.1 Å². The predicted octanol–water partition coefficient (Wildman–Crippen LogP) is 8.08. The van der Waals surface area contributed by atoms with Gasteiger partial charge in [0.1, 0.15) is 45.8 Å². The first-order valence-corrected chi connectivity index (χ1v) is 24.7. The minimum absolute atomic E-state index is 0.0147. The average molecular weight is 990 g/mol. The van der Waals surface area contributed by atoms with Crippen LogP contribution in [0.3, 0.4) is 0 Å². The van der Waals surface area contributed by atoms with Gasteiger partial charge in [0.25, 0.3) is 0 Å². The van der Waals surface area contributed by atoms with Crippen LogP contribution < -0.4 is 20.1 Å². The fourth-order valence-electron chi connectivity index (χ4n) is 8.34. The molecule has 6 atom stereocenters. The molecule has 4 aromatic rings. The van der Waals surface area contributed by atoms with E-state index in [-0.39, 0.29) is 58.7 Å². The van der Waals surface area contributed by atoms with Gasteiger partial charge in [-0.3, -0.25) is 9.59 Å². The molecule has 0 bridgehead atoms. The number of benzene rings is 4. The largest absolute Gasteiger partial charge is 0.493 e. The summed E-state index contributed by atoms with van der Waals surface area (Å²) in [5, 5.41) is 21.8. The van der Waals surface area contributed by atoms with Gasteiger partial charge in [0.05, 0.1) is 55.7 Å². The number of nitriles is 2. The number of nitrogens with one attached hydrogen (secondary N) is 2. The quantitative estimate of drug-likeness (QED) is 0.0922. The van der Waals surface area contributed by atoms with Crippen molar-refractivity contribution in [2.45, 2.75) is 82.7 Å². The van der Waals surface area contributed by atoms with Gasteiger partial charge in [0.15, 0.2) is 19.7 Å². The Labute approximate surface area is 389 Å². The summed E-state index contributed by atoms with van der Waals surface area (Å²) in [6.45, 7) is 0.0683. The number of sulfone groups is 2. The number of ether oxygens (including phenoxy) is 2. The Hall–Kier alpha value is -5.40. The molecule has 0 saturated heterocycles. The van der Waals surface area contributed by atoms with Crippen molar-refractivity contribution in [3.8, 4) is 23.6 Å². The molecule has 0 aliphatic heterocycles. The van der Waals surface area contributed by atoms with Crippen LogP contribution in [0.5, 0.6) is 11.5 Å². The highest BCUT2D eigenvalue weighted by Gasteiger charge is 2.52. The Balaban J connectivity index is 0.000000196. The average Bonchev–Trinajstić information content (AvgIpc) is 4.13. The van der Waals surface area contributed by atoms with Gasteiger partial charge in [-0.15, -0.1) is 0 Å². The van der Waals surface area contributed by atoms with E-state index in [0.717, 1.165) is 36.4 Å². The normalized spacial score (nSPS) is 23.5. The maximum absolute atomic E-state index is 13.4. The lowest BCUT2D eigenvalue weighted by Crippen LogP contribution is -2.41. The number of halogens is 6.